The zero-order chi connectivity index (χ0) is 10.6. The maximum Gasteiger partial charge on any atom is 0.469 e. The summed E-state index contributed by atoms with van der Waals surface area (Å²) in [5.41, 5.74) is 0. The Hall–Kier alpha value is 0.0300. The van der Waals surface area contributed by atoms with Crippen molar-refractivity contribution in [3.8, 4) is 0 Å². The number of morpholine rings is 1. The van der Waals surface area contributed by atoms with Gasteiger partial charge in [-0.2, -0.15) is 0 Å². The molecule has 1 rings (SSSR count). The van der Waals surface area contributed by atoms with Gasteiger partial charge >= 0.3 is 7.82 Å². The lowest BCUT2D eigenvalue weighted by Gasteiger charge is -2.28. The first kappa shape index (κ1) is 12.1. The van der Waals surface area contributed by atoms with E-state index < -0.39 is 13.9 Å². The van der Waals surface area contributed by atoms with Crippen LogP contribution in [-0.4, -0.2) is 53.6 Å². The van der Waals surface area contributed by atoms with Gasteiger partial charge in [-0.15, -0.1) is 0 Å². The normalized spacial score (nSPS) is 22.2. The van der Waals surface area contributed by atoms with E-state index in [0.717, 1.165) is 13.1 Å². The molecular formula is C7H16NO5P. The molecule has 6 nitrogen and oxygen atoms in total. The number of nitrogens with zero attached hydrogens (tertiary/aromatic N) is 1. The molecule has 1 unspecified atom stereocenters. The Morgan fingerprint density at radius 1 is 1.50 bits per heavy atom. The molecule has 0 bridgehead atoms. The van der Waals surface area contributed by atoms with E-state index in [4.69, 9.17) is 14.5 Å². The number of phosphoric acid groups is 1. The molecule has 1 atom stereocenters. The molecule has 0 amide bonds. The Kier molecular flexibility index (Phi) is 4.50. The summed E-state index contributed by atoms with van der Waals surface area (Å²) in [6.07, 6.45) is -0.464. The molecule has 0 spiro atoms. The molecule has 1 saturated heterocycles. The van der Waals surface area contributed by atoms with E-state index in [1.807, 2.05) is 0 Å². The second-order valence-corrected chi connectivity index (χ2v) is 4.51. The second kappa shape index (κ2) is 5.21. The molecule has 84 valence electrons. The molecule has 1 fully saturated rings. The van der Waals surface area contributed by atoms with Crippen molar-refractivity contribution in [2.24, 2.45) is 0 Å². The molecule has 2 N–H and O–H groups in total. The number of ether oxygens (including phenoxy) is 1. The molecule has 0 aromatic rings. The van der Waals surface area contributed by atoms with Crippen molar-refractivity contribution >= 4 is 7.82 Å². The van der Waals surface area contributed by atoms with E-state index in [-0.39, 0.29) is 0 Å². The molecule has 0 aromatic carbocycles. The van der Waals surface area contributed by atoms with Crippen LogP contribution in [0, 0.1) is 0 Å². The highest BCUT2D eigenvalue weighted by Crippen LogP contribution is 2.37. The summed E-state index contributed by atoms with van der Waals surface area (Å²) in [5, 5.41) is 0. The van der Waals surface area contributed by atoms with E-state index in [2.05, 4.69) is 9.42 Å². The highest BCUT2D eigenvalue weighted by Gasteiger charge is 2.21. The van der Waals surface area contributed by atoms with Crippen LogP contribution in [0.3, 0.4) is 0 Å². The summed E-state index contributed by atoms with van der Waals surface area (Å²) in [4.78, 5) is 19.2. The summed E-state index contributed by atoms with van der Waals surface area (Å²) in [7, 11) is -4.35. The quantitative estimate of drug-likeness (QED) is 0.646. The molecule has 0 aromatic heterocycles. The van der Waals surface area contributed by atoms with Gasteiger partial charge in [0, 0.05) is 19.6 Å². The lowest BCUT2D eigenvalue weighted by atomic mass is 10.3. The summed E-state index contributed by atoms with van der Waals surface area (Å²) >= 11 is 0. The van der Waals surface area contributed by atoms with Crippen molar-refractivity contribution in [3.05, 3.63) is 0 Å². The lowest BCUT2D eigenvalue weighted by Crippen LogP contribution is -2.40. The fourth-order valence-corrected chi connectivity index (χ4v) is 1.95. The van der Waals surface area contributed by atoms with Crippen molar-refractivity contribution < 1.29 is 23.6 Å². The third-order valence-corrected chi connectivity index (χ3v) is 2.57. The minimum atomic E-state index is -4.35. The summed E-state index contributed by atoms with van der Waals surface area (Å²) in [6, 6.07) is 0. The van der Waals surface area contributed by atoms with Crippen molar-refractivity contribution in [1.82, 2.24) is 4.90 Å². The van der Waals surface area contributed by atoms with Crippen molar-refractivity contribution in [3.63, 3.8) is 0 Å². The minimum absolute atomic E-state index is 0.464. The van der Waals surface area contributed by atoms with E-state index in [1.165, 1.54) is 0 Å². The van der Waals surface area contributed by atoms with E-state index in [0.29, 0.717) is 19.8 Å². The molecule has 0 aliphatic carbocycles. The van der Waals surface area contributed by atoms with Crippen LogP contribution >= 0.6 is 7.82 Å². The highest BCUT2D eigenvalue weighted by atomic mass is 31.2. The van der Waals surface area contributed by atoms with Crippen LogP contribution in [0.25, 0.3) is 0 Å². The van der Waals surface area contributed by atoms with E-state index in [1.54, 1.807) is 6.92 Å². The second-order valence-electron chi connectivity index (χ2n) is 3.32. The third-order valence-electron chi connectivity index (χ3n) is 1.94. The smallest absolute Gasteiger partial charge is 0.379 e. The van der Waals surface area contributed by atoms with Gasteiger partial charge < -0.3 is 14.5 Å². The molecule has 14 heavy (non-hydrogen) atoms. The first-order valence-electron chi connectivity index (χ1n) is 4.51. The van der Waals surface area contributed by atoms with Gasteiger partial charge in [0.25, 0.3) is 0 Å². The van der Waals surface area contributed by atoms with Gasteiger partial charge in [-0.3, -0.25) is 9.42 Å². The van der Waals surface area contributed by atoms with Gasteiger partial charge in [0.15, 0.2) is 0 Å². The van der Waals surface area contributed by atoms with Crippen molar-refractivity contribution in [2.75, 3.05) is 32.8 Å². The Balaban J connectivity index is 2.25. The van der Waals surface area contributed by atoms with Crippen LogP contribution in [0.2, 0.25) is 0 Å². The Morgan fingerprint density at radius 2 is 2.07 bits per heavy atom. The lowest BCUT2D eigenvalue weighted by molar-refractivity contribution is 0.0175. The summed E-state index contributed by atoms with van der Waals surface area (Å²) in [5.74, 6) is 0. The van der Waals surface area contributed by atoms with Crippen LogP contribution in [0.5, 0.6) is 0 Å². The number of phosphoric ester groups is 1. The van der Waals surface area contributed by atoms with Gasteiger partial charge in [-0.1, -0.05) is 0 Å². The SMILES string of the molecule is CC(CN1CCOCC1)OP(=O)(O)O. The van der Waals surface area contributed by atoms with Gasteiger partial charge in [-0.25, -0.2) is 4.57 Å². The van der Waals surface area contributed by atoms with Gasteiger partial charge in [0.2, 0.25) is 0 Å². The molecule has 0 saturated carbocycles. The molecule has 1 aliphatic heterocycles. The standard InChI is InChI=1S/C7H16NO5P/c1-7(13-14(9,10)11)6-8-2-4-12-5-3-8/h7H,2-6H2,1H3,(H2,9,10,11). The van der Waals surface area contributed by atoms with Crippen LogP contribution < -0.4 is 0 Å². The maximum atomic E-state index is 10.5. The average Bonchev–Trinajstić information content (AvgIpc) is 2.02. The topological polar surface area (TPSA) is 79.2 Å². The van der Waals surface area contributed by atoms with Crippen molar-refractivity contribution in [2.45, 2.75) is 13.0 Å². The Bertz CT molecular complexity index is 212. The highest BCUT2D eigenvalue weighted by molar-refractivity contribution is 7.46. The molecule has 1 heterocycles. The Labute approximate surface area is 83.0 Å². The van der Waals surface area contributed by atoms with E-state index in [9.17, 15) is 4.57 Å². The van der Waals surface area contributed by atoms with Crippen LogP contribution in [0.1, 0.15) is 6.92 Å². The summed E-state index contributed by atoms with van der Waals surface area (Å²) < 4.78 is 20.2. The summed E-state index contributed by atoms with van der Waals surface area (Å²) in [6.45, 7) is 5.08. The first-order chi connectivity index (χ1) is 6.47. The zero-order valence-corrected chi connectivity index (χ0v) is 9.02. The Morgan fingerprint density at radius 3 is 2.57 bits per heavy atom. The number of hydrogen-bond donors (Lipinski definition) is 2. The van der Waals surface area contributed by atoms with Crippen LogP contribution in [-0.2, 0) is 13.8 Å². The third kappa shape index (κ3) is 5.05. The average molecular weight is 225 g/mol. The number of hydrogen-bond acceptors (Lipinski definition) is 4. The minimum Gasteiger partial charge on any atom is -0.379 e. The van der Waals surface area contributed by atoms with Gasteiger partial charge in [0.05, 0.1) is 19.3 Å². The maximum absolute atomic E-state index is 10.5. The van der Waals surface area contributed by atoms with Crippen molar-refractivity contribution in [1.29, 1.82) is 0 Å². The van der Waals surface area contributed by atoms with Gasteiger partial charge in [-0.05, 0) is 6.92 Å². The predicted molar refractivity (Wildman–Crippen MR) is 49.9 cm³/mol. The van der Waals surface area contributed by atoms with E-state index >= 15 is 0 Å². The molecule has 1 aliphatic rings. The zero-order valence-electron chi connectivity index (χ0n) is 8.13. The largest absolute Gasteiger partial charge is 0.469 e. The molecular weight excluding hydrogens is 209 g/mol. The fourth-order valence-electron chi connectivity index (χ4n) is 1.42. The molecule has 0 radical (unpaired) electrons. The fraction of sp³-hybridized carbons (Fsp3) is 1.00. The molecule has 7 heteroatoms. The number of rotatable bonds is 4. The van der Waals surface area contributed by atoms with Crippen LogP contribution in [0.15, 0.2) is 0 Å². The van der Waals surface area contributed by atoms with Gasteiger partial charge in [0.1, 0.15) is 0 Å². The first-order valence-corrected chi connectivity index (χ1v) is 6.04. The van der Waals surface area contributed by atoms with Crippen LogP contribution in [0.4, 0.5) is 0 Å². The predicted octanol–water partition coefficient (Wildman–Crippen LogP) is -0.184. The monoisotopic (exact) mass is 225 g/mol.